The number of rotatable bonds is 3. The van der Waals surface area contributed by atoms with Gasteiger partial charge in [0.2, 0.25) is 0 Å². The molecule has 1 aromatic rings. The highest BCUT2D eigenvalue weighted by atomic mass is 32.2. The average molecular weight is 240 g/mol. The van der Waals surface area contributed by atoms with Crippen LogP contribution in [0.2, 0.25) is 0 Å². The van der Waals surface area contributed by atoms with Crippen molar-refractivity contribution < 1.29 is 13.7 Å². The SMILES string of the molecule is CC[NH2+][C@@H]1CS(=O)(=O)C[C@H]1c1ccccc1. The van der Waals surface area contributed by atoms with Crippen molar-refractivity contribution in [3.8, 4) is 0 Å². The van der Waals surface area contributed by atoms with Gasteiger partial charge in [0.25, 0.3) is 0 Å². The Hall–Kier alpha value is -0.870. The van der Waals surface area contributed by atoms with Crippen molar-refractivity contribution in [1.82, 2.24) is 0 Å². The molecular formula is C12H18NO2S+. The highest BCUT2D eigenvalue weighted by Crippen LogP contribution is 2.27. The van der Waals surface area contributed by atoms with Crippen LogP contribution in [-0.2, 0) is 9.84 Å². The zero-order valence-corrected chi connectivity index (χ0v) is 10.3. The Morgan fingerprint density at radius 1 is 1.25 bits per heavy atom. The molecule has 1 aromatic carbocycles. The van der Waals surface area contributed by atoms with Crippen molar-refractivity contribution in [2.75, 3.05) is 18.1 Å². The van der Waals surface area contributed by atoms with E-state index in [-0.39, 0.29) is 12.0 Å². The molecule has 0 amide bonds. The highest BCUT2D eigenvalue weighted by Gasteiger charge is 2.40. The minimum atomic E-state index is -2.85. The van der Waals surface area contributed by atoms with Crippen LogP contribution in [0.1, 0.15) is 18.4 Å². The third-order valence-corrected chi connectivity index (χ3v) is 4.92. The Bertz CT molecular complexity index is 441. The number of nitrogens with two attached hydrogens (primary N) is 1. The summed E-state index contributed by atoms with van der Waals surface area (Å²) in [6.07, 6.45) is 0. The molecule has 3 nitrogen and oxygen atoms in total. The van der Waals surface area contributed by atoms with Crippen LogP contribution in [0, 0.1) is 0 Å². The van der Waals surface area contributed by atoms with Crippen LogP contribution >= 0.6 is 0 Å². The average Bonchev–Trinajstić information content (AvgIpc) is 2.56. The Morgan fingerprint density at radius 3 is 2.56 bits per heavy atom. The van der Waals surface area contributed by atoms with Crippen LogP contribution < -0.4 is 5.32 Å². The van der Waals surface area contributed by atoms with Gasteiger partial charge in [-0.05, 0) is 12.5 Å². The van der Waals surface area contributed by atoms with Gasteiger partial charge >= 0.3 is 0 Å². The standard InChI is InChI=1S/C12H17NO2S/c1-2-13-12-9-16(14,15)8-11(12)10-6-4-3-5-7-10/h3-7,11-13H,2,8-9H2,1H3/p+1/t11-,12+/m0/s1. The molecule has 1 heterocycles. The van der Waals surface area contributed by atoms with E-state index in [2.05, 4.69) is 12.2 Å². The Labute approximate surface area is 96.8 Å². The van der Waals surface area contributed by atoms with Crippen molar-refractivity contribution in [2.24, 2.45) is 0 Å². The summed E-state index contributed by atoms with van der Waals surface area (Å²) >= 11 is 0. The summed E-state index contributed by atoms with van der Waals surface area (Å²) in [6.45, 7) is 3.00. The van der Waals surface area contributed by atoms with Crippen molar-refractivity contribution in [1.29, 1.82) is 0 Å². The van der Waals surface area contributed by atoms with Crippen LogP contribution in [0.5, 0.6) is 0 Å². The predicted molar refractivity (Wildman–Crippen MR) is 64.1 cm³/mol. The molecule has 0 radical (unpaired) electrons. The van der Waals surface area contributed by atoms with Gasteiger partial charge in [0.05, 0.1) is 18.2 Å². The fraction of sp³-hybridized carbons (Fsp3) is 0.500. The van der Waals surface area contributed by atoms with Gasteiger partial charge in [-0.2, -0.15) is 0 Å². The normalized spacial score (nSPS) is 28.1. The summed E-state index contributed by atoms with van der Waals surface area (Å²) in [7, 11) is -2.85. The first-order valence-electron chi connectivity index (χ1n) is 5.71. The Balaban J connectivity index is 2.26. The summed E-state index contributed by atoms with van der Waals surface area (Å²) in [4.78, 5) is 0. The van der Waals surface area contributed by atoms with E-state index in [1.165, 1.54) is 0 Å². The molecule has 2 rings (SSSR count). The fourth-order valence-electron chi connectivity index (χ4n) is 2.45. The molecule has 2 N–H and O–H groups in total. The van der Waals surface area contributed by atoms with E-state index < -0.39 is 9.84 Å². The summed E-state index contributed by atoms with van der Waals surface area (Å²) < 4.78 is 23.4. The monoisotopic (exact) mass is 240 g/mol. The second-order valence-electron chi connectivity index (χ2n) is 4.40. The van der Waals surface area contributed by atoms with E-state index in [9.17, 15) is 8.42 Å². The van der Waals surface area contributed by atoms with Crippen molar-refractivity contribution in [3.63, 3.8) is 0 Å². The summed E-state index contributed by atoms with van der Waals surface area (Å²) in [5.74, 6) is 0.782. The molecule has 16 heavy (non-hydrogen) atoms. The second kappa shape index (κ2) is 4.55. The Morgan fingerprint density at radius 2 is 1.94 bits per heavy atom. The quantitative estimate of drug-likeness (QED) is 0.817. The molecule has 4 heteroatoms. The molecule has 1 fully saturated rings. The van der Waals surface area contributed by atoms with Crippen molar-refractivity contribution in [2.45, 2.75) is 18.9 Å². The van der Waals surface area contributed by atoms with Gasteiger partial charge in [-0.3, -0.25) is 0 Å². The molecule has 2 atom stereocenters. The van der Waals surface area contributed by atoms with Crippen molar-refractivity contribution >= 4 is 9.84 Å². The molecule has 0 aliphatic carbocycles. The molecular weight excluding hydrogens is 222 g/mol. The van der Waals surface area contributed by atoms with E-state index in [4.69, 9.17) is 0 Å². The maximum Gasteiger partial charge on any atom is 0.156 e. The van der Waals surface area contributed by atoms with Crippen LogP contribution in [0.25, 0.3) is 0 Å². The molecule has 1 aliphatic rings. The minimum absolute atomic E-state index is 0.158. The topological polar surface area (TPSA) is 50.8 Å². The van der Waals surface area contributed by atoms with E-state index in [0.717, 1.165) is 12.1 Å². The molecule has 1 aliphatic heterocycles. The molecule has 88 valence electrons. The number of quaternary nitrogens is 1. The van der Waals surface area contributed by atoms with E-state index in [1.54, 1.807) is 0 Å². The molecule has 0 saturated carbocycles. The van der Waals surface area contributed by atoms with Gasteiger partial charge in [0.15, 0.2) is 9.84 Å². The molecule has 0 bridgehead atoms. The predicted octanol–water partition coefficient (Wildman–Crippen LogP) is 0.151. The van der Waals surface area contributed by atoms with Crippen LogP contribution in [0.15, 0.2) is 30.3 Å². The van der Waals surface area contributed by atoms with Gasteiger partial charge in [-0.1, -0.05) is 30.3 Å². The number of hydrogen-bond donors (Lipinski definition) is 1. The fourth-order valence-corrected chi connectivity index (χ4v) is 4.53. The maximum absolute atomic E-state index is 11.7. The number of sulfone groups is 1. The minimum Gasteiger partial charge on any atom is -0.343 e. The number of hydrogen-bond acceptors (Lipinski definition) is 2. The summed E-state index contributed by atoms with van der Waals surface area (Å²) in [5, 5.41) is 2.14. The lowest BCUT2D eigenvalue weighted by atomic mass is 9.94. The third-order valence-electron chi connectivity index (χ3n) is 3.16. The van der Waals surface area contributed by atoms with Crippen LogP contribution in [-0.4, -0.2) is 32.5 Å². The van der Waals surface area contributed by atoms with E-state index >= 15 is 0 Å². The van der Waals surface area contributed by atoms with Gasteiger partial charge in [-0.15, -0.1) is 0 Å². The van der Waals surface area contributed by atoms with Crippen molar-refractivity contribution in [3.05, 3.63) is 35.9 Å². The molecule has 0 unspecified atom stereocenters. The van der Waals surface area contributed by atoms with Crippen LogP contribution in [0.4, 0.5) is 0 Å². The van der Waals surface area contributed by atoms with Gasteiger partial charge in [0.1, 0.15) is 11.8 Å². The molecule has 1 saturated heterocycles. The summed E-state index contributed by atoms with van der Waals surface area (Å²) in [5.41, 5.74) is 1.15. The molecule has 0 spiro atoms. The Kier molecular flexibility index (Phi) is 3.30. The first kappa shape index (κ1) is 11.6. The largest absolute Gasteiger partial charge is 0.343 e. The van der Waals surface area contributed by atoms with Crippen LogP contribution in [0.3, 0.4) is 0 Å². The highest BCUT2D eigenvalue weighted by molar-refractivity contribution is 7.91. The van der Waals surface area contributed by atoms with Gasteiger partial charge in [-0.25, -0.2) is 8.42 Å². The molecule has 0 aromatic heterocycles. The number of likely N-dealkylation sites (N-methyl/N-ethyl adjacent to an activating group) is 1. The summed E-state index contributed by atoms with van der Waals surface area (Å²) in [6, 6.07) is 10.2. The van der Waals surface area contributed by atoms with Gasteiger partial charge < -0.3 is 5.32 Å². The second-order valence-corrected chi connectivity index (χ2v) is 6.56. The third kappa shape index (κ3) is 2.44. The lowest BCUT2D eigenvalue weighted by Gasteiger charge is -2.15. The van der Waals surface area contributed by atoms with Gasteiger partial charge in [0, 0.05) is 0 Å². The van der Waals surface area contributed by atoms with E-state index in [0.29, 0.717) is 11.5 Å². The first-order chi connectivity index (χ1) is 7.62. The lowest BCUT2D eigenvalue weighted by molar-refractivity contribution is -0.683. The number of benzene rings is 1. The van der Waals surface area contributed by atoms with E-state index in [1.807, 2.05) is 30.3 Å². The zero-order chi connectivity index (χ0) is 11.6. The smallest absolute Gasteiger partial charge is 0.156 e. The lowest BCUT2D eigenvalue weighted by Crippen LogP contribution is -2.91. The zero-order valence-electron chi connectivity index (χ0n) is 9.46. The first-order valence-corrected chi connectivity index (χ1v) is 7.53. The maximum atomic E-state index is 11.7.